The zero-order valence-corrected chi connectivity index (χ0v) is 85.5. The van der Waals surface area contributed by atoms with Gasteiger partial charge < -0.3 is 57.6 Å². The Labute approximate surface area is 845 Å². The molecule has 12 aromatic rings. The van der Waals surface area contributed by atoms with E-state index in [1.54, 1.807) is 126 Å². The number of likely N-dealkylation sites (tertiary alicyclic amines) is 3. The fourth-order valence-electron chi connectivity index (χ4n) is 17.7. The van der Waals surface area contributed by atoms with E-state index >= 15 is 0 Å². The molecule has 7 aliphatic heterocycles. The van der Waals surface area contributed by atoms with Crippen molar-refractivity contribution >= 4 is 65.1 Å². The first-order valence-electron chi connectivity index (χ1n) is 48.7. The summed E-state index contributed by atoms with van der Waals surface area (Å²) in [5.74, 6) is 4.38. The second-order valence-electron chi connectivity index (χ2n) is 39.7. The lowest BCUT2D eigenvalue weighted by Gasteiger charge is -2.29. The van der Waals surface area contributed by atoms with E-state index in [0.717, 1.165) is 147 Å². The molecular weight excluding hydrogens is 1890 g/mol. The molecule has 6 aromatic carbocycles. The van der Waals surface area contributed by atoms with Crippen LogP contribution in [0.3, 0.4) is 0 Å². The number of phenolic OH excluding ortho intramolecular Hbond substituents is 1. The van der Waals surface area contributed by atoms with Crippen LogP contribution in [0, 0.1) is 11.8 Å². The second kappa shape index (κ2) is 47.1. The number of hydrogen-bond donors (Lipinski definition) is 2. The van der Waals surface area contributed by atoms with Crippen molar-refractivity contribution in [3.05, 3.63) is 309 Å². The molecule has 0 unspecified atom stereocenters. The van der Waals surface area contributed by atoms with E-state index in [0.29, 0.717) is 94.2 Å². The number of oxazole rings is 2. The summed E-state index contributed by atoms with van der Waals surface area (Å²) in [5, 5.41) is 12.8. The third-order valence-corrected chi connectivity index (χ3v) is 29.1. The Morgan fingerprint density at radius 1 is 0.389 bits per heavy atom. The van der Waals surface area contributed by atoms with Gasteiger partial charge in [0.2, 0.25) is 44.9 Å². The monoisotopic (exact) mass is 2010 g/mol. The van der Waals surface area contributed by atoms with Crippen LogP contribution in [-0.2, 0) is 80.9 Å². The molecule has 2 N–H and O–H groups in total. The second-order valence-corrected chi connectivity index (χ2v) is 44.2. The van der Waals surface area contributed by atoms with Crippen LogP contribution in [0.1, 0.15) is 228 Å². The molecule has 756 valence electrons. The highest BCUT2D eigenvalue weighted by atomic mass is 35.7. The Kier molecular flexibility index (Phi) is 34.3. The third kappa shape index (κ3) is 28.7. The summed E-state index contributed by atoms with van der Waals surface area (Å²) in [6.45, 7) is 25.5. The predicted molar refractivity (Wildman–Crippen MR) is 543 cm³/mol. The van der Waals surface area contributed by atoms with Gasteiger partial charge in [0.25, 0.3) is 9.05 Å². The molecule has 20 rings (SSSR count). The van der Waals surface area contributed by atoms with Gasteiger partial charge in [0.15, 0.2) is 0 Å². The van der Waals surface area contributed by atoms with Crippen LogP contribution in [0.4, 0.5) is 9.59 Å². The van der Waals surface area contributed by atoms with Gasteiger partial charge in [0, 0.05) is 147 Å². The smallest absolute Gasteiger partial charge is 0.410 e. The molecule has 31 nitrogen and oxygen atoms in total. The third-order valence-electron chi connectivity index (χ3n) is 25.9. The van der Waals surface area contributed by atoms with Crippen LogP contribution in [0.5, 0.6) is 23.0 Å². The Morgan fingerprint density at radius 3 is 1.06 bits per heavy atom. The standard InChI is InChI=1S/C29H28N4O5S.C25H31N3O4.C20H23N3O2.C19H20N2O4.C9H6ClNO3S.C8H16/c1-32-12-9-24(10-13-32)38-25-4-2-3-21(15-25)28(34)27-16-22-18-33(19-23(22)17-31-27)39(35,36)26-7-5-20(6-8-26)29-30-11-14-37-29;1-25(2,3)32-24(30)28-15-18-13-22(26-14-19(18)16-28)23(29)17-6-5-7-21(12-17)31-20-8-10-27(4)11-9-20;1-23-7-5-17(6-8-23)25-18-4-2-3-14(9-18)20(24)19-10-15-11-21-12-16(15)13-22-19;1-19(2,3)25-18(24)21-10-13-8-16(20-9-14(13)11-21)17(23)12-5-4-6-15(22)7-12;10-15(12,13)8-3-1-7(2-4-8)9-11-5-6-14-9;1-7-3-5-8(2)6-4-7/h2-8,11,14-17,24H,9-10,12-13,18-19H2,1H3;5-7,12-14,20H,8-11,15-16H2,1-4H3;2-4,9-10,13,17,21H,5-8,11-12H2,1H3;4-9,22H,10-11H2,1-3H3;1-6H;7-8H,3-6H2,1-2H3. The number of phenols is 1. The van der Waals surface area contributed by atoms with Gasteiger partial charge in [-0.15, -0.1) is 0 Å². The van der Waals surface area contributed by atoms with E-state index in [9.17, 15) is 50.7 Å². The van der Waals surface area contributed by atoms with Gasteiger partial charge in [0.05, 0.1) is 35.3 Å². The molecule has 0 atom stereocenters. The van der Waals surface area contributed by atoms with Crippen LogP contribution in [-0.4, -0.2) is 206 Å². The number of pyridine rings is 4. The van der Waals surface area contributed by atoms with Crippen molar-refractivity contribution in [1.29, 1.82) is 0 Å². The van der Waals surface area contributed by atoms with Crippen LogP contribution in [0.25, 0.3) is 22.9 Å². The Hall–Kier alpha value is -13.3. The average molecular weight is 2020 g/mol. The quantitative estimate of drug-likeness (QED) is 0.0561. The molecule has 0 spiro atoms. The van der Waals surface area contributed by atoms with Crippen molar-refractivity contribution in [2.75, 3.05) is 60.4 Å². The number of fused-ring (bicyclic) bond motifs is 4. The van der Waals surface area contributed by atoms with Crippen molar-refractivity contribution in [3.63, 3.8) is 0 Å². The molecular formula is C110H124ClN13O18S2. The Bertz CT molecular complexity index is 6740. The van der Waals surface area contributed by atoms with Gasteiger partial charge in [-0.2, -0.15) is 4.31 Å². The van der Waals surface area contributed by atoms with Gasteiger partial charge >= 0.3 is 12.2 Å². The molecule has 2 amide bonds. The topological polar surface area (TPSA) is 372 Å². The number of sulfonamides is 1. The highest BCUT2D eigenvalue weighted by Gasteiger charge is 2.36. The van der Waals surface area contributed by atoms with Crippen molar-refractivity contribution in [2.24, 2.45) is 11.8 Å². The maximum Gasteiger partial charge on any atom is 0.410 e. The van der Waals surface area contributed by atoms with Crippen molar-refractivity contribution < 1.29 is 83.2 Å². The summed E-state index contributed by atoms with van der Waals surface area (Å²) in [6.07, 6.45) is 24.3. The number of nitrogens with one attached hydrogen (secondary N) is 1. The number of carbonyl (C=O) groups excluding carboxylic acids is 6. The van der Waals surface area contributed by atoms with E-state index in [1.807, 2.05) is 96.1 Å². The first-order chi connectivity index (χ1) is 68.8. The maximum absolute atomic E-state index is 13.3. The number of halogens is 1. The number of rotatable bonds is 19. The van der Waals surface area contributed by atoms with E-state index in [4.69, 9.17) is 43.2 Å². The Morgan fingerprint density at radius 2 is 0.708 bits per heavy atom. The lowest BCUT2D eigenvalue weighted by Crippen LogP contribution is -2.35. The van der Waals surface area contributed by atoms with Crippen LogP contribution in [0.2, 0.25) is 0 Å². The molecule has 144 heavy (non-hydrogen) atoms. The SMILES string of the molecule is CC(C)(C)OC(=O)N1Cc2cnc(C(=O)c3cccc(O)c3)cc2C1.CC1CCC(C)CC1.CN1CCC(Oc2cccc(C(=O)c3cc4c(cn3)CN(C(=O)OC(C)(C)C)C4)c2)CC1.CN1CCC(Oc2cccc(C(=O)c3cc4c(cn3)CN(S(=O)(=O)c3ccc(-c5ncco5)cc3)C4)c2)CC1.CN1CCC(Oc2cccc(C(=O)c3cc4c(cn3)CNC4)c2)CC1.O=S(=O)(Cl)c1ccc(-c2ncco2)cc1. The molecule has 1 aliphatic carbocycles. The van der Waals surface area contributed by atoms with Gasteiger partial charge in [-0.1, -0.05) is 88.1 Å². The highest BCUT2D eigenvalue weighted by molar-refractivity contribution is 8.13. The van der Waals surface area contributed by atoms with Crippen molar-refractivity contribution in [3.8, 4) is 45.9 Å². The lowest BCUT2D eigenvalue weighted by molar-refractivity contribution is 0.0232. The average Bonchev–Trinajstić information content (AvgIpc) is 1.63. The minimum Gasteiger partial charge on any atom is -0.508 e. The molecule has 1 saturated carbocycles. The fraction of sp³-hybridized carbons (Fsp3) is 0.382. The van der Waals surface area contributed by atoms with E-state index in [2.05, 4.69) is 84.9 Å². The fourth-order valence-corrected chi connectivity index (χ4v) is 19.8. The number of ether oxygens (including phenoxy) is 5. The Balaban J connectivity index is 0.000000136. The predicted octanol–water partition coefficient (Wildman–Crippen LogP) is 18.9. The molecule has 34 heteroatoms. The van der Waals surface area contributed by atoms with Crippen LogP contribution < -0.4 is 19.5 Å². The van der Waals surface area contributed by atoms with Gasteiger partial charge in [-0.05, 0) is 279 Å². The number of nitrogens with zero attached hydrogens (tertiary/aromatic N) is 12. The number of ketones is 4. The zero-order valence-electron chi connectivity index (χ0n) is 83.1. The summed E-state index contributed by atoms with van der Waals surface area (Å²) in [4.78, 5) is 112. The summed E-state index contributed by atoms with van der Waals surface area (Å²) >= 11 is 0. The summed E-state index contributed by atoms with van der Waals surface area (Å²) in [6, 6.07) is 47.6. The number of benzene rings is 6. The van der Waals surface area contributed by atoms with E-state index < -0.39 is 30.3 Å². The first-order valence-corrected chi connectivity index (χ1v) is 52.4. The number of amides is 2. The van der Waals surface area contributed by atoms with Crippen molar-refractivity contribution in [1.82, 2.24) is 64.0 Å². The van der Waals surface area contributed by atoms with Gasteiger partial charge in [0.1, 0.15) is 87.8 Å². The van der Waals surface area contributed by atoms with Crippen molar-refractivity contribution in [2.45, 2.75) is 211 Å². The van der Waals surface area contributed by atoms with Gasteiger partial charge in [-0.25, -0.2) is 36.4 Å². The normalized spacial score (nSPS) is 17.2. The minimum absolute atomic E-state index is 0.0307. The number of hydrogen-bond acceptors (Lipinski definition) is 28. The zero-order chi connectivity index (χ0) is 102. The first kappa shape index (κ1) is 105. The number of aromatic nitrogens is 6. The molecule has 13 heterocycles. The summed E-state index contributed by atoms with van der Waals surface area (Å²) in [7, 11) is 4.10. The maximum atomic E-state index is 13.3. The highest BCUT2D eigenvalue weighted by Crippen LogP contribution is 2.36. The number of aromatic hydroxyl groups is 1. The van der Waals surface area contributed by atoms with Crippen LogP contribution in [0.15, 0.2) is 238 Å². The van der Waals surface area contributed by atoms with Crippen LogP contribution >= 0.6 is 10.7 Å². The minimum atomic E-state index is -3.75. The molecule has 8 aliphatic rings. The summed E-state index contributed by atoms with van der Waals surface area (Å²) in [5.41, 5.74) is 11.3. The lowest BCUT2D eigenvalue weighted by atomic mass is 9.84. The molecule has 3 saturated heterocycles. The molecule has 6 aromatic heterocycles. The molecule has 4 fully saturated rings. The molecule has 0 bridgehead atoms. The number of carbonyl (C=O) groups is 6. The van der Waals surface area contributed by atoms with E-state index in [1.165, 1.54) is 84.7 Å². The van der Waals surface area contributed by atoms with E-state index in [-0.39, 0.29) is 93.6 Å². The largest absolute Gasteiger partial charge is 0.508 e. The molecule has 0 radical (unpaired) electrons. The number of piperidine rings is 3. The summed E-state index contributed by atoms with van der Waals surface area (Å²) < 4.78 is 89.5. The van der Waals surface area contributed by atoms with Gasteiger partial charge in [-0.3, -0.25) is 48.9 Å².